The summed E-state index contributed by atoms with van der Waals surface area (Å²) in [4.78, 5) is 0. The van der Waals surface area contributed by atoms with E-state index in [9.17, 15) is 128 Å². The Labute approximate surface area is 218 Å². The first-order chi connectivity index (χ1) is 18.4. The molecule has 0 saturated carbocycles. The highest BCUT2D eigenvalue weighted by atomic mass is 19.4. The highest BCUT2D eigenvalue weighted by Gasteiger charge is 3.00. The van der Waals surface area contributed by atoms with Crippen molar-refractivity contribution in [1.82, 2.24) is 5.34 Å². The summed E-state index contributed by atoms with van der Waals surface area (Å²) in [5.41, 5.74) is 0. The van der Waals surface area contributed by atoms with Crippen molar-refractivity contribution in [3.8, 4) is 0 Å². The molecule has 0 atom stereocenters. The van der Waals surface area contributed by atoms with Gasteiger partial charge in [-0.05, 0) is 0 Å². The number of nitrogens with zero attached hydrogens (tertiary/aromatic N) is 1. The highest BCUT2D eigenvalue weighted by molar-refractivity contribution is 5.20. The lowest BCUT2D eigenvalue weighted by atomic mass is 9.84. The van der Waals surface area contributed by atoms with Crippen LogP contribution in [0.5, 0.6) is 0 Å². The molecule has 0 aliphatic carbocycles. The molecule has 0 heterocycles. The van der Waals surface area contributed by atoms with Crippen molar-refractivity contribution in [1.29, 1.82) is 0 Å². The molecule has 0 aromatic heterocycles. The zero-order valence-electron chi connectivity index (χ0n) is 18.6. The molecule has 0 aromatic rings. The van der Waals surface area contributed by atoms with Crippen LogP contribution in [0.2, 0.25) is 0 Å². The minimum Gasteiger partial charge on any atom is -0.198 e. The summed E-state index contributed by atoms with van der Waals surface area (Å²) >= 11 is 0. The van der Waals surface area contributed by atoms with Crippen LogP contribution < -0.4 is 0 Å². The lowest BCUT2D eigenvalue weighted by molar-refractivity contribution is -0.485. The molecule has 0 N–H and O–H groups in total. The van der Waals surface area contributed by atoms with Crippen LogP contribution in [-0.2, 0) is 0 Å². The van der Waals surface area contributed by atoms with Crippen molar-refractivity contribution in [3.63, 3.8) is 0 Å². The van der Waals surface area contributed by atoms with Gasteiger partial charge in [0.25, 0.3) is 0 Å². The largest absolute Gasteiger partial charge is 0.460 e. The molecule has 0 aromatic carbocycles. The van der Waals surface area contributed by atoms with Crippen LogP contribution in [0.25, 0.3) is 0 Å². The summed E-state index contributed by atoms with van der Waals surface area (Å²) in [6, 6.07) is 0. The molecule has 266 valence electrons. The standard InChI is InChI=1S/C14H2F29N/c15-2(16,1-44(42)43)3(17,18)4(19,20)5(21,22)6(23,24)7(25,26)8(27,28)9(29,30)10(31,32)11(33,34)12(35,36)13(37,38)14(39,40)41/h1H2. The van der Waals surface area contributed by atoms with Gasteiger partial charge in [-0.1, -0.05) is 0 Å². The molecule has 1 nitrogen and oxygen atoms in total. The van der Waals surface area contributed by atoms with Crippen molar-refractivity contribution >= 4 is 0 Å². The predicted octanol–water partition coefficient (Wildman–Crippen LogP) is 9.24. The van der Waals surface area contributed by atoms with Gasteiger partial charge in [-0.3, -0.25) is 0 Å². The lowest BCUT2D eigenvalue weighted by Gasteiger charge is -2.46. The van der Waals surface area contributed by atoms with Crippen molar-refractivity contribution in [3.05, 3.63) is 0 Å². The van der Waals surface area contributed by atoms with Gasteiger partial charge < -0.3 is 0 Å². The van der Waals surface area contributed by atoms with E-state index in [2.05, 4.69) is 0 Å². The Balaban J connectivity index is 7.43. The Morgan fingerprint density at radius 1 is 0.250 bits per heavy atom. The monoisotopic (exact) mass is 735 g/mol. The topological polar surface area (TPSA) is 3.24 Å². The molecular formula is C14H2F29N. The first-order valence-electron chi connectivity index (χ1n) is 9.11. The van der Waals surface area contributed by atoms with Crippen LogP contribution in [0.4, 0.5) is 128 Å². The van der Waals surface area contributed by atoms with Gasteiger partial charge in [0, 0.05) is 5.34 Å². The van der Waals surface area contributed by atoms with Gasteiger partial charge in [0.15, 0.2) is 0 Å². The first-order valence-corrected chi connectivity index (χ1v) is 9.11. The molecule has 44 heavy (non-hydrogen) atoms. The number of rotatable bonds is 13. The maximum atomic E-state index is 13.6. The number of halogens is 29. The minimum atomic E-state index is -9.87. The molecule has 0 spiro atoms. The van der Waals surface area contributed by atoms with E-state index in [1.807, 2.05) is 0 Å². The Hall–Kier alpha value is -2.07. The van der Waals surface area contributed by atoms with Crippen molar-refractivity contribution in [2.75, 3.05) is 6.54 Å². The number of hydrogen-bond acceptors (Lipinski definition) is 1. The summed E-state index contributed by atoms with van der Waals surface area (Å²) in [6.07, 6.45) is -8.27. The molecule has 0 unspecified atom stereocenters. The number of alkyl halides is 27. The summed E-state index contributed by atoms with van der Waals surface area (Å²) in [5, 5.41) is -3.33. The summed E-state index contributed by atoms with van der Waals surface area (Å²) in [6.45, 7) is -4.25. The fourth-order valence-corrected chi connectivity index (χ4v) is 2.43. The van der Waals surface area contributed by atoms with E-state index in [1.54, 1.807) is 0 Å². The van der Waals surface area contributed by atoms with Gasteiger partial charge in [0.2, 0.25) is 0 Å². The molecule has 0 radical (unpaired) electrons. The molecule has 0 saturated heterocycles. The van der Waals surface area contributed by atoms with Crippen molar-refractivity contribution in [2.24, 2.45) is 0 Å². The van der Waals surface area contributed by atoms with Gasteiger partial charge in [-0.2, -0.15) is 119 Å². The van der Waals surface area contributed by atoms with Gasteiger partial charge in [-0.15, -0.1) is 8.96 Å². The van der Waals surface area contributed by atoms with Crippen LogP contribution in [-0.4, -0.2) is 89.1 Å². The lowest BCUT2D eigenvalue weighted by Crippen LogP contribution is -2.79. The third-order valence-electron chi connectivity index (χ3n) is 5.08. The Bertz CT molecular complexity index is 1030. The summed E-state index contributed by atoms with van der Waals surface area (Å²) in [5.74, 6) is -111. The van der Waals surface area contributed by atoms with Crippen molar-refractivity contribution in [2.45, 2.75) is 77.2 Å². The molecule has 0 aliphatic heterocycles. The van der Waals surface area contributed by atoms with Crippen LogP contribution >= 0.6 is 0 Å². The van der Waals surface area contributed by atoms with E-state index < -0.39 is 89.1 Å². The fraction of sp³-hybridized carbons (Fsp3) is 1.00. The van der Waals surface area contributed by atoms with Crippen LogP contribution in [0, 0.1) is 0 Å². The van der Waals surface area contributed by atoms with Gasteiger partial charge in [0.05, 0.1) is 0 Å². The second kappa shape index (κ2) is 10.2. The zero-order valence-corrected chi connectivity index (χ0v) is 18.6. The van der Waals surface area contributed by atoms with Crippen molar-refractivity contribution < 1.29 is 128 Å². The van der Waals surface area contributed by atoms with E-state index in [0.717, 1.165) is 0 Å². The van der Waals surface area contributed by atoms with E-state index in [0.29, 0.717) is 0 Å². The average Bonchev–Trinajstić information content (AvgIpc) is 2.75. The van der Waals surface area contributed by atoms with E-state index in [1.165, 1.54) is 0 Å². The highest BCUT2D eigenvalue weighted by Crippen LogP contribution is 2.68. The second-order valence-corrected chi connectivity index (χ2v) is 7.98. The summed E-state index contributed by atoms with van der Waals surface area (Å²) in [7, 11) is 0. The fourth-order valence-electron chi connectivity index (χ4n) is 2.43. The van der Waals surface area contributed by atoms with E-state index in [-0.39, 0.29) is 0 Å². The number of hydrogen-bond donors (Lipinski definition) is 0. The Morgan fingerprint density at radius 3 is 0.568 bits per heavy atom. The van der Waals surface area contributed by atoms with E-state index in [4.69, 9.17) is 0 Å². The Morgan fingerprint density at radius 2 is 0.409 bits per heavy atom. The maximum Gasteiger partial charge on any atom is 0.460 e. The molecule has 0 fully saturated rings. The second-order valence-electron chi connectivity index (χ2n) is 7.98. The molecular weight excluding hydrogens is 733 g/mol. The zero-order chi connectivity index (χ0) is 36.8. The SMILES string of the molecule is FN(F)CC(F)(F)C(F)(F)C(F)(F)C(F)(F)C(F)(F)C(F)(F)C(F)(F)C(F)(F)C(F)(F)C(F)(F)C(F)(F)C(F)(F)C(F)(F)F. The van der Waals surface area contributed by atoms with Gasteiger partial charge in [-0.25, -0.2) is 0 Å². The molecule has 30 heteroatoms. The van der Waals surface area contributed by atoms with Crippen LogP contribution in [0.3, 0.4) is 0 Å². The van der Waals surface area contributed by atoms with E-state index >= 15 is 0 Å². The third-order valence-corrected chi connectivity index (χ3v) is 5.08. The summed E-state index contributed by atoms with van der Waals surface area (Å²) < 4.78 is 379. The maximum absolute atomic E-state index is 13.6. The van der Waals surface area contributed by atoms with Crippen LogP contribution in [0.15, 0.2) is 0 Å². The molecule has 0 rings (SSSR count). The molecule has 0 amide bonds. The average molecular weight is 735 g/mol. The minimum absolute atomic E-state index is 3.33. The first kappa shape index (κ1) is 41.9. The smallest absolute Gasteiger partial charge is 0.198 e. The molecule has 0 bridgehead atoms. The van der Waals surface area contributed by atoms with Gasteiger partial charge >= 0.3 is 77.2 Å². The third kappa shape index (κ3) is 4.92. The Kier molecular flexibility index (Phi) is 9.73. The quantitative estimate of drug-likeness (QED) is 0.135. The molecule has 0 aliphatic rings. The van der Waals surface area contributed by atoms with Crippen LogP contribution in [0.1, 0.15) is 0 Å². The van der Waals surface area contributed by atoms with Gasteiger partial charge in [0.1, 0.15) is 6.54 Å². The normalized spacial score (nSPS) is 17.0. The predicted molar refractivity (Wildman–Crippen MR) is 74.3 cm³/mol.